The van der Waals surface area contributed by atoms with Gasteiger partial charge in [0.1, 0.15) is 6.10 Å². The molecule has 1 aromatic rings. The fourth-order valence-electron chi connectivity index (χ4n) is 2.02. The van der Waals surface area contributed by atoms with Crippen molar-refractivity contribution in [2.24, 2.45) is 0 Å². The van der Waals surface area contributed by atoms with Crippen LogP contribution in [0.4, 0.5) is 0 Å². The Balaban J connectivity index is 2.75. The predicted octanol–water partition coefficient (Wildman–Crippen LogP) is 3.02. The summed E-state index contributed by atoms with van der Waals surface area (Å²) in [5, 5.41) is 0. The number of benzene rings is 1. The SMILES string of the molecule is CCCN(C[C@@H](OC=O)c1ccccc1)C(C)C. The highest BCUT2D eigenvalue weighted by Crippen LogP contribution is 2.19. The molecule has 0 aromatic heterocycles. The Kier molecular flexibility index (Phi) is 6.44. The molecule has 0 saturated heterocycles. The van der Waals surface area contributed by atoms with Crippen molar-refractivity contribution in [2.45, 2.75) is 39.3 Å². The van der Waals surface area contributed by atoms with Gasteiger partial charge in [-0.25, -0.2) is 0 Å². The van der Waals surface area contributed by atoms with E-state index in [0.717, 1.165) is 25.1 Å². The van der Waals surface area contributed by atoms with Crippen LogP contribution in [0.1, 0.15) is 38.9 Å². The van der Waals surface area contributed by atoms with Crippen LogP contribution in [-0.4, -0.2) is 30.5 Å². The fourth-order valence-corrected chi connectivity index (χ4v) is 2.02. The summed E-state index contributed by atoms with van der Waals surface area (Å²) >= 11 is 0. The summed E-state index contributed by atoms with van der Waals surface area (Å²) in [6.45, 7) is 8.80. The van der Waals surface area contributed by atoms with E-state index in [4.69, 9.17) is 4.74 Å². The van der Waals surface area contributed by atoms with E-state index in [1.165, 1.54) is 0 Å². The molecule has 0 bridgehead atoms. The summed E-state index contributed by atoms with van der Waals surface area (Å²) < 4.78 is 5.23. The van der Waals surface area contributed by atoms with Gasteiger partial charge in [0.05, 0.1) is 0 Å². The van der Waals surface area contributed by atoms with E-state index >= 15 is 0 Å². The molecule has 1 aromatic carbocycles. The van der Waals surface area contributed by atoms with Gasteiger partial charge < -0.3 is 4.74 Å². The standard InChI is InChI=1S/C15H23NO2/c1-4-10-16(13(2)3)11-15(18-12-17)14-8-6-5-7-9-14/h5-9,12-13,15H,4,10-11H2,1-3H3/t15-/m1/s1. The van der Waals surface area contributed by atoms with E-state index in [2.05, 4.69) is 25.7 Å². The minimum absolute atomic E-state index is 0.183. The molecule has 100 valence electrons. The smallest absolute Gasteiger partial charge is 0.293 e. The van der Waals surface area contributed by atoms with Crippen molar-refractivity contribution in [3.8, 4) is 0 Å². The highest BCUT2D eigenvalue weighted by atomic mass is 16.5. The summed E-state index contributed by atoms with van der Waals surface area (Å²) in [6, 6.07) is 10.4. The maximum atomic E-state index is 10.7. The molecule has 0 amide bonds. The Morgan fingerprint density at radius 3 is 2.44 bits per heavy atom. The van der Waals surface area contributed by atoms with Gasteiger partial charge in [-0.1, -0.05) is 37.3 Å². The van der Waals surface area contributed by atoms with E-state index < -0.39 is 0 Å². The molecule has 0 N–H and O–H groups in total. The molecule has 0 saturated carbocycles. The van der Waals surface area contributed by atoms with Crippen molar-refractivity contribution >= 4 is 6.47 Å². The lowest BCUT2D eigenvalue weighted by molar-refractivity contribution is -0.135. The lowest BCUT2D eigenvalue weighted by atomic mass is 10.1. The molecular weight excluding hydrogens is 226 g/mol. The molecule has 0 radical (unpaired) electrons. The number of hydrogen-bond acceptors (Lipinski definition) is 3. The van der Waals surface area contributed by atoms with Gasteiger partial charge >= 0.3 is 0 Å². The van der Waals surface area contributed by atoms with E-state index in [1.807, 2.05) is 30.3 Å². The topological polar surface area (TPSA) is 29.5 Å². The maximum absolute atomic E-state index is 10.7. The van der Waals surface area contributed by atoms with Crippen molar-refractivity contribution in [3.05, 3.63) is 35.9 Å². The molecule has 3 heteroatoms. The van der Waals surface area contributed by atoms with E-state index in [1.54, 1.807) is 0 Å². The van der Waals surface area contributed by atoms with E-state index in [-0.39, 0.29) is 6.10 Å². The third-order valence-corrected chi connectivity index (χ3v) is 3.03. The second-order valence-corrected chi connectivity index (χ2v) is 4.72. The van der Waals surface area contributed by atoms with Crippen molar-refractivity contribution in [2.75, 3.05) is 13.1 Å². The van der Waals surface area contributed by atoms with Crippen molar-refractivity contribution in [1.82, 2.24) is 4.90 Å². The molecule has 0 aliphatic rings. The Labute approximate surface area is 110 Å². The van der Waals surface area contributed by atoms with Crippen molar-refractivity contribution in [3.63, 3.8) is 0 Å². The molecule has 1 atom stereocenters. The van der Waals surface area contributed by atoms with Gasteiger partial charge in [0.2, 0.25) is 0 Å². The van der Waals surface area contributed by atoms with Crippen molar-refractivity contribution in [1.29, 1.82) is 0 Å². The van der Waals surface area contributed by atoms with Crippen molar-refractivity contribution < 1.29 is 9.53 Å². The fraction of sp³-hybridized carbons (Fsp3) is 0.533. The first-order chi connectivity index (χ1) is 8.69. The molecule has 0 heterocycles. The van der Waals surface area contributed by atoms with Crippen LogP contribution in [0.3, 0.4) is 0 Å². The number of nitrogens with zero attached hydrogens (tertiary/aromatic N) is 1. The summed E-state index contributed by atoms with van der Waals surface area (Å²) in [5.74, 6) is 0. The van der Waals surface area contributed by atoms with Gasteiger partial charge in [-0.2, -0.15) is 0 Å². The zero-order valence-corrected chi connectivity index (χ0v) is 11.5. The third-order valence-electron chi connectivity index (χ3n) is 3.03. The van der Waals surface area contributed by atoms with Crippen LogP contribution < -0.4 is 0 Å². The van der Waals surface area contributed by atoms with Gasteiger partial charge in [-0.15, -0.1) is 0 Å². The molecule has 0 aliphatic heterocycles. The predicted molar refractivity (Wildman–Crippen MR) is 73.3 cm³/mol. The molecule has 0 spiro atoms. The van der Waals surface area contributed by atoms with Gasteiger partial charge in [-0.05, 0) is 32.4 Å². The molecule has 1 rings (SSSR count). The van der Waals surface area contributed by atoms with E-state index in [0.29, 0.717) is 12.5 Å². The van der Waals surface area contributed by atoms with E-state index in [9.17, 15) is 4.79 Å². The minimum Gasteiger partial charge on any atom is -0.458 e. The second-order valence-electron chi connectivity index (χ2n) is 4.72. The van der Waals surface area contributed by atoms with Crippen LogP contribution >= 0.6 is 0 Å². The highest BCUT2D eigenvalue weighted by molar-refractivity contribution is 5.38. The average Bonchev–Trinajstić information content (AvgIpc) is 2.38. The van der Waals surface area contributed by atoms with Crippen LogP contribution in [-0.2, 0) is 9.53 Å². The van der Waals surface area contributed by atoms with Crippen LogP contribution in [0.25, 0.3) is 0 Å². The largest absolute Gasteiger partial charge is 0.458 e. The average molecular weight is 249 g/mol. The molecular formula is C15H23NO2. The summed E-state index contributed by atoms with van der Waals surface area (Å²) in [5.41, 5.74) is 1.05. The molecule has 18 heavy (non-hydrogen) atoms. The van der Waals surface area contributed by atoms with Crippen LogP contribution in [0.2, 0.25) is 0 Å². The Hall–Kier alpha value is -1.35. The number of rotatable bonds is 8. The van der Waals surface area contributed by atoms with Gasteiger partial charge in [-0.3, -0.25) is 9.69 Å². The second kappa shape index (κ2) is 7.88. The molecule has 0 aliphatic carbocycles. The highest BCUT2D eigenvalue weighted by Gasteiger charge is 2.18. The summed E-state index contributed by atoms with van der Waals surface area (Å²) in [6.07, 6.45) is 0.915. The molecule has 0 fully saturated rings. The first-order valence-corrected chi connectivity index (χ1v) is 6.57. The number of hydrogen-bond donors (Lipinski definition) is 0. The van der Waals surface area contributed by atoms with Gasteiger partial charge in [0, 0.05) is 12.6 Å². The first kappa shape index (κ1) is 14.7. The van der Waals surface area contributed by atoms with Crippen LogP contribution in [0.15, 0.2) is 30.3 Å². The Bertz CT molecular complexity index is 338. The normalized spacial score (nSPS) is 12.7. The van der Waals surface area contributed by atoms with Gasteiger partial charge in [0.25, 0.3) is 6.47 Å². The Morgan fingerprint density at radius 1 is 1.28 bits per heavy atom. The Morgan fingerprint density at radius 2 is 1.94 bits per heavy atom. The minimum atomic E-state index is -0.183. The lowest BCUT2D eigenvalue weighted by Crippen LogP contribution is -2.36. The lowest BCUT2D eigenvalue weighted by Gasteiger charge is -2.29. The molecule has 3 nitrogen and oxygen atoms in total. The summed E-state index contributed by atoms with van der Waals surface area (Å²) in [4.78, 5) is 13.0. The van der Waals surface area contributed by atoms with Crippen LogP contribution in [0.5, 0.6) is 0 Å². The quantitative estimate of drug-likeness (QED) is 0.663. The zero-order valence-electron chi connectivity index (χ0n) is 11.5. The summed E-state index contributed by atoms with van der Waals surface area (Å²) in [7, 11) is 0. The third kappa shape index (κ3) is 4.49. The van der Waals surface area contributed by atoms with Gasteiger partial charge in [0.15, 0.2) is 0 Å². The number of carbonyl (C=O) groups is 1. The molecule has 0 unspecified atom stereocenters. The maximum Gasteiger partial charge on any atom is 0.293 e. The monoisotopic (exact) mass is 249 g/mol. The first-order valence-electron chi connectivity index (χ1n) is 6.57. The number of ether oxygens (including phenoxy) is 1. The van der Waals surface area contributed by atoms with Crippen LogP contribution in [0, 0.1) is 0 Å². The number of carbonyl (C=O) groups excluding carboxylic acids is 1. The zero-order chi connectivity index (χ0) is 13.4.